The largest absolute Gasteiger partial charge is 0.478 e. The number of nitrogens with one attached hydrogen (secondary N) is 4. The van der Waals surface area contributed by atoms with E-state index in [1.165, 1.54) is 0 Å². The summed E-state index contributed by atoms with van der Waals surface area (Å²) in [5.74, 6) is -0.209. The van der Waals surface area contributed by atoms with Gasteiger partial charge in [-0.05, 0) is 45.1 Å². The highest BCUT2D eigenvalue weighted by Crippen LogP contribution is 2.29. The van der Waals surface area contributed by atoms with Crippen LogP contribution in [0.15, 0.2) is 24.3 Å². The molecule has 0 fully saturated rings. The van der Waals surface area contributed by atoms with Crippen molar-refractivity contribution in [1.82, 2.24) is 16.2 Å². The third-order valence-electron chi connectivity index (χ3n) is 2.88. The van der Waals surface area contributed by atoms with Gasteiger partial charge in [-0.25, -0.2) is 0 Å². The summed E-state index contributed by atoms with van der Waals surface area (Å²) in [4.78, 5) is 23.9. The molecule has 0 spiro atoms. The lowest BCUT2D eigenvalue weighted by atomic mass is 10.1. The summed E-state index contributed by atoms with van der Waals surface area (Å²) >= 11 is 5.05. The van der Waals surface area contributed by atoms with Gasteiger partial charge in [-0.15, -0.1) is 0 Å². The number of hydrogen-bond acceptors (Lipinski definition) is 4. The topological polar surface area (TPSA) is 91.5 Å². The van der Waals surface area contributed by atoms with Crippen LogP contribution in [-0.2, 0) is 9.59 Å². The van der Waals surface area contributed by atoms with Crippen LogP contribution in [-0.4, -0.2) is 28.6 Å². The van der Waals surface area contributed by atoms with Gasteiger partial charge in [0.15, 0.2) is 11.2 Å². The van der Waals surface area contributed by atoms with E-state index in [1.807, 2.05) is 20.8 Å². The van der Waals surface area contributed by atoms with Crippen LogP contribution in [0.5, 0.6) is 5.75 Å². The van der Waals surface area contributed by atoms with Crippen molar-refractivity contribution in [3.05, 3.63) is 24.3 Å². The Bertz CT molecular complexity index is 627. The average molecular weight is 336 g/mol. The number of hydrogen-bond donors (Lipinski definition) is 4. The molecular formula is C15H20N4O3S. The first kappa shape index (κ1) is 17.0. The molecule has 0 unspecified atom stereocenters. The van der Waals surface area contributed by atoms with Crippen molar-refractivity contribution in [2.75, 3.05) is 5.32 Å². The van der Waals surface area contributed by atoms with Crippen molar-refractivity contribution >= 4 is 34.8 Å². The summed E-state index contributed by atoms with van der Waals surface area (Å²) in [5, 5.41) is 6.00. The van der Waals surface area contributed by atoms with Crippen molar-refractivity contribution in [2.24, 2.45) is 0 Å². The van der Waals surface area contributed by atoms with Crippen molar-refractivity contribution < 1.29 is 14.3 Å². The van der Waals surface area contributed by atoms with Gasteiger partial charge in [0.05, 0.1) is 12.1 Å². The molecule has 0 aliphatic carbocycles. The van der Waals surface area contributed by atoms with Gasteiger partial charge in [0.25, 0.3) is 5.91 Å². The lowest BCUT2D eigenvalue weighted by Crippen LogP contribution is -2.53. The third-order valence-corrected chi connectivity index (χ3v) is 3.09. The van der Waals surface area contributed by atoms with E-state index < -0.39 is 12.0 Å². The van der Waals surface area contributed by atoms with Crippen molar-refractivity contribution in [3.63, 3.8) is 0 Å². The Morgan fingerprint density at radius 2 is 2.00 bits per heavy atom. The van der Waals surface area contributed by atoms with Crippen LogP contribution in [0.4, 0.5) is 5.69 Å². The normalized spacial score (nSPS) is 16.5. The predicted octanol–water partition coefficient (Wildman–Crippen LogP) is 1.07. The molecule has 2 rings (SSSR count). The van der Waals surface area contributed by atoms with Crippen molar-refractivity contribution in [2.45, 2.75) is 38.8 Å². The molecular weight excluding hydrogens is 316 g/mol. The van der Waals surface area contributed by atoms with Gasteiger partial charge in [0.2, 0.25) is 5.91 Å². The molecule has 1 aliphatic heterocycles. The number of ether oxygens (including phenoxy) is 1. The van der Waals surface area contributed by atoms with E-state index in [0.29, 0.717) is 16.5 Å². The van der Waals surface area contributed by atoms with Gasteiger partial charge in [0, 0.05) is 5.54 Å². The number of carbonyl (C=O) groups is 2. The van der Waals surface area contributed by atoms with Gasteiger partial charge in [-0.3, -0.25) is 20.4 Å². The maximum Gasteiger partial charge on any atom is 0.266 e. The Kier molecular flexibility index (Phi) is 5.05. The second-order valence-corrected chi connectivity index (χ2v) is 6.58. The fourth-order valence-corrected chi connectivity index (χ4v) is 2.30. The molecule has 7 nitrogen and oxygen atoms in total. The molecule has 23 heavy (non-hydrogen) atoms. The van der Waals surface area contributed by atoms with Gasteiger partial charge in [-0.2, -0.15) is 0 Å². The molecule has 0 saturated carbocycles. The van der Waals surface area contributed by atoms with Crippen LogP contribution in [0, 0.1) is 0 Å². The van der Waals surface area contributed by atoms with Gasteiger partial charge < -0.3 is 15.4 Å². The molecule has 1 aliphatic rings. The van der Waals surface area contributed by atoms with Crippen LogP contribution >= 0.6 is 12.2 Å². The fourth-order valence-electron chi connectivity index (χ4n) is 1.94. The number of amides is 2. The molecule has 8 heteroatoms. The number of carbonyl (C=O) groups excluding carboxylic acids is 2. The molecule has 0 bridgehead atoms. The summed E-state index contributed by atoms with van der Waals surface area (Å²) in [6.45, 7) is 5.83. The molecule has 0 aromatic heterocycles. The first-order chi connectivity index (χ1) is 10.7. The monoisotopic (exact) mass is 336 g/mol. The Balaban J connectivity index is 1.84. The molecule has 1 aromatic rings. The van der Waals surface area contributed by atoms with Crippen LogP contribution in [0.25, 0.3) is 0 Å². The number of rotatable bonds is 2. The summed E-state index contributed by atoms with van der Waals surface area (Å²) in [6.07, 6.45) is -0.999. The van der Waals surface area contributed by atoms with Crippen LogP contribution in [0.3, 0.4) is 0 Å². The predicted molar refractivity (Wildman–Crippen MR) is 90.9 cm³/mol. The zero-order chi connectivity index (χ0) is 17.0. The maximum atomic E-state index is 11.9. The van der Waals surface area contributed by atoms with E-state index in [4.69, 9.17) is 17.0 Å². The van der Waals surface area contributed by atoms with Crippen LogP contribution in [0.2, 0.25) is 0 Å². The molecule has 2 amide bonds. The molecule has 0 radical (unpaired) electrons. The average Bonchev–Trinajstić information content (AvgIpc) is 2.44. The Morgan fingerprint density at radius 1 is 1.30 bits per heavy atom. The second-order valence-electron chi connectivity index (χ2n) is 6.17. The van der Waals surface area contributed by atoms with Gasteiger partial charge in [0.1, 0.15) is 5.75 Å². The lowest BCUT2D eigenvalue weighted by Gasteiger charge is -2.26. The number of para-hydroxylation sites is 2. The minimum atomic E-state index is -0.879. The summed E-state index contributed by atoms with van der Waals surface area (Å²) in [7, 11) is 0. The second kappa shape index (κ2) is 6.82. The first-order valence-corrected chi connectivity index (χ1v) is 7.59. The standard InChI is InChI=1S/C15H20N4O3S/c1-15(2,3)17-14(23)19-18-12(20)8-11-13(21)16-9-6-4-5-7-10(9)22-11/h4-7,11H,8H2,1-3H3,(H,16,21)(H,18,20)(H2,17,19,23)/t11-/m0/s1. The minimum Gasteiger partial charge on any atom is -0.478 e. The molecule has 1 atom stereocenters. The highest BCUT2D eigenvalue weighted by Gasteiger charge is 2.29. The summed E-state index contributed by atoms with van der Waals surface area (Å²) in [6, 6.07) is 7.07. The van der Waals surface area contributed by atoms with Crippen LogP contribution in [0.1, 0.15) is 27.2 Å². The lowest BCUT2D eigenvalue weighted by molar-refractivity contribution is -0.130. The van der Waals surface area contributed by atoms with E-state index in [0.717, 1.165) is 0 Å². The number of thiocarbonyl (C=S) groups is 1. The maximum absolute atomic E-state index is 11.9. The zero-order valence-corrected chi connectivity index (χ0v) is 14.0. The highest BCUT2D eigenvalue weighted by molar-refractivity contribution is 7.80. The first-order valence-electron chi connectivity index (χ1n) is 7.18. The zero-order valence-electron chi connectivity index (χ0n) is 13.2. The van der Waals surface area contributed by atoms with Crippen molar-refractivity contribution in [1.29, 1.82) is 0 Å². The van der Waals surface area contributed by atoms with E-state index in [2.05, 4.69) is 21.5 Å². The minimum absolute atomic E-state index is 0.120. The number of fused-ring (bicyclic) bond motifs is 1. The van der Waals surface area contributed by atoms with E-state index in [1.54, 1.807) is 24.3 Å². The quantitative estimate of drug-likeness (QED) is 0.477. The third kappa shape index (κ3) is 5.10. The smallest absolute Gasteiger partial charge is 0.266 e. The molecule has 4 N–H and O–H groups in total. The molecule has 124 valence electrons. The van der Waals surface area contributed by atoms with Gasteiger partial charge in [-0.1, -0.05) is 12.1 Å². The van der Waals surface area contributed by atoms with Crippen LogP contribution < -0.4 is 26.2 Å². The number of benzene rings is 1. The van der Waals surface area contributed by atoms with E-state index >= 15 is 0 Å². The highest BCUT2D eigenvalue weighted by atomic mass is 32.1. The number of anilines is 1. The Hall–Kier alpha value is -2.35. The Labute approximate surface area is 140 Å². The summed E-state index contributed by atoms with van der Waals surface area (Å²) < 4.78 is 5.55. The molecule has 1 heterocycles. The van der Waals surface area contributed by atoms with E-state index in [-0.39, 0.29) is 17.9 Å². The molecule has 1 aromatic carbocycles. The van der Waals surface area contributed by atoms with Crippen molar-refractivity contribution in [3.8, 4) is 5.75 Å². The van der Waals surface area contributed by atoms with Gasteiger partial charge >= 0.3 is 0 Å². The van der Waals surface area contributed by atoms with E-state index in [9.17, 15) is 9.59 Å². The number of hydrazine groups is 1. The SMILES string of the molecule is CC(C)(C)NC(=S)NNC(=O)C[C@@H]1Oc2ccccc2NC1=O. The fraction of sp³-hybridized carbons (Fsp3) is 0.400. The molecule has 0 saturated heterocycles. The summed E-state index contributed by atoms with van der Waals surface area (Å²) in [5.41, 5.74) is 5.42. The Morgan fingerprint density at radius 3 is 2.70 bits per heavy atom.